The van der Waals surface area contributed by atoms with Crippen molar-refractivity contribution in [1.29, 1.82) is 0 Å². The lowest BCUT2D eigenvalue weighted by atomic mass is 9.90. The minimum Gasteiger partial charge on any atom is -1.00 e. The highest BCUT2D eigenvalue weighted by atomic mass is 127. The molecule has 164 valence electrons. The van der Waals surface area contributed by atoms with E-state index in [1.807, 2.05) is 44.4 Å². The smallest absolute Gasteiger partial charge is 0.286 e. The fourth-order valence-corrected chi connectivity index (χ4v) is 4.04. The number of hydrogen-bond acceptors (Lipinski definition) is 3. The van der Waals surface area contributed by atoms with Gasteiger partial charge in [-0.05, 0) is 50.5 Å². The summed E-state index contributed by atoms with van der Waals surface area (Å²) in [5.41, 5.74) is 5.63. The summed E-state index contributed by atoms with van der Waals surface area (Å²) in [6.07, 6.45) is 7.11. The van der Waals surface area contributed by atoms with Crippen LogP contribution in [0.2, 0.25) is 0 Å². The van der Waals surface area contributed by atoms with Crippen LogP contribution in [0.25, 0.3) is 5.70 Å². The van der Waals surface area contributed by atoms with Crippen molar-refractivity contribution in [2.75, 3.05) is 5.32 Å². The molecule has 0 spiro atoms. The van der Waals surface area contributed by atoms with E-state index >= 15 is 0 Å². The van der Waals surface area contributed by atoms with Crippen LogP contribution in [0.1, 0.15) is 57.2 Å². The molecule has 0 amide bonds. The topological polar surface area (TPSA) is 50.1 Å². The van der Waals surface area contributed by atoms with Crippen molar-refractivity contribution in [3.63, 3.8) is 0 Å². The van der Waals surface area contributed by atoms with E-state index < -0.39 is 0 Å². The number of carbonyl (C=O) groups excluding carboxylic acids is 2. The lowest BCUT2D eigenvalue weighted by Gasteiger charge is -2.19. The second-order valence-corrected chi connectivity index (χ2v) is 8.15. The Morgan fingerprint density at radius 2 is 1.44 bits per heavy atom. The molecule has 0 saturated carbocycles. The lowest BCUT2D eigenvalue weighted by Crippen LogP contribution is -3.00. The van der Waals surface area contributed by atoms with E-state index in [2.05, 4.69) is 24.4 Å². The van der Waals surface area contributed by atoms with Gasteiger partial charge in [0.1, 0.15) is 0 Å². The summed E-state index contributed by atoms with van der Waals surface area (Å²) >= 11 is 0. The molecule has 1 heterocycles. The van der Waals surface area contributed by atoms with Gasteiger partial charge in [0.25, 0.3) is 11.5 Å². The van der Waals surface area contributed by atoms with Gasteiger partial charge in [-0.25, -0.2) is 0 Å². The van der Waals surface area contributed by atoms with Crippen molar-refractivity contribution in [3.05, 3.63) is 101 Å². The minimum atomic E-state index is -0.174. The Morgan fingerprint density at radius 1 is 0.844 bits per heavy atom. The first kappa shape index (κ1) is 23.9. The van der Waals surface area contributed by atoms with Crippen LogP contribution in [-0.4, -0.2) is 11.6 Å². The largest absolute Gasteiger partial charge is 1.00 e. The van der Waals surface area contributed by atoms with Crippen LogP contribution in [0.5, 0.6) is 0 Å². The number of allylic oxidation sites excluding steroid dienone is 2. The summed E-state index contributed by atoms with van der Waals surface area (Å²) in [7, 11) is 0. The first-order chi connectivity index (χ1) is 15.0. The number of unbranched alkanes of at least 4 members (excludes halogenated alkanes) is 1. The van der Waals surface area contributed by atoms with E-state index in [0.717, 1.165) is 36.1 Å². The molecule has 0 fully saturated rings. The highest BCUT2D eigenvalue weighted by molar-refractivity contribution is 6.36. The van der Waals surface area contributed by atoms with Gasteiger partial charge < -0.3 is 29.3 Å². The number of anilines is 1. The first-order valence-corrected chi connectivity index (χ1v) is 10.8. The number of ketones is 2. The number of aromatic nitrogens is 1. The molecule has 0 aliphatic heterocycles. The van der Waals surface area contributed by atoms with Crippen LogP contribution in [0.15, 0.2) is 72.7 Å². The molecule has 2 aromatic carbocycles. The SMILES string of the molecule is CCCCc1ccc(NC2=C([n+]3cc(C)cc(C)c3)C(=O)c3ccccc3C2=O)cc1.[I-]. The van der Waals surface area contributed by atoms with Gasteiger partial charge in [0.05, 0.1) is 0 Å². The van der Waals surface area contributed by atoms with Gasteiger partial charge in [-0.15, -0.1) is 0 Å². The number of carbonyl (C=O) groups is 2. The highest BCUT2D eigenvalue weighted by Crippen LogP contribution is 2.28. The van der Waals surface area contributed by atoms with Crippen molar-refractivity contribution in [2.24, 2.45) is 0 Å². The number of rotatable bonds is 6. The molecule has 1 aliphatic rings. The average molecular weight is 538 g/mol. The van der Waals surface area contributed by atoms with Gasteiger partial charge >= 0.3 is 0 Å². The van der Waals surface area contributed by atoms with Gasteiger partial charge in [-0.3, -0.25) is 9.59 Å². The van der Waals surface area contributed by atoms with Crippen molar-refractivity contribution in [1.82, 2.24) is 0 Å². The first-order valence-electron chi connectivity index (χ1n) is 10.8. The van der Waals surface area contributed by atoms with Gasteiger partial charge in [-0.1, -0.05) is 49.7 Å². The third-order valence-electron chi connectivity index (χ3n) is 5.54. The summed E-state index contributed by atoms with van der Waals surface area (Å²) in [6, 6.07) is 17.2. The van der Waals surface area contributed by atoms with Crippen molar-refractivity contribution >= 4 is 23.0 Å². The molecule has 0 saturated heterocycles. The predicted octanol–water partition coefficient (Wildman–Crippen LogP) is 2.30. The molecule has 0 radical (unpaired) electrons. The fourth-order valence-electron chi connectivity index (χ4n) is 4.04. The van der Waals surface area contributed by atoms with Crippen LogP contribution in [0.4, 0.5) is 5.69 Å². The van der Waals surface area contributed by atoms with E-state index in [1.54, 1.807) is 28.8 Å². The molecule has 3 aromatic rings. The summed E-state index contributed by atoms with van der Waals surface area (Å²) < 4.78 is 1.78. The number of nitrogens with one attached hydrogen (secondary N) is 1. The monoisotopic (exact) mass is 538 g/mol. The average Bonchev–Trinajstić information content (AvgIpc) is 2.76. The van der Waals surface area contributed by atoms with Gasteiger partial charge in [0.15, 0.2) is 18.1 Å². The third-order valence-corrected chi connectivity index (χ3v) is 5.54. The minimum absolute atomic E-state index is 0. The summed E-state index contributed by atoms with van der Waals surface area (Å²) in [4.78, 5) is 26.9. The van der Waals surface area contributed by atoms with Gasteiger partial charge in [-0.2, -0.15) is 4.57 Å². The Morgan fingerprint density at radius 3 is 2.03 bits per heavy atom. The summed E-state index contributed by atoms with van der Waals surface area (Å²) in [5.74, 6) is -0.334. The number of pyridine rings is 1. The fraction of sp³-hybridized carbons (Fsp3) is 0.222. The number of hydrogen-bond donors (Lipinski definition) is 1. The van der Waals surface area contributed by atoms with E-state index in [0.29, 0.717) is 22.5 Å². The Bertz CT molecular complexity index is 1180. The number of Topliss-reactive ketones (excluding diaryl/α,β-unsaturated/α-hetero) is 2. The second-order valence-electron chi connectivity index (χ2n) is 8.15. The molecule has 0 atom stereocenters. The molecular weight excluding hydrogens is 511 g/mol. The zero-order valence-electron chi connectivity index (χ0n) is 18.6. The quantitative estimate of drug-likeness (QED) is 0.387. The maximum atomic E-state index is 13.5. The number of aryl methyl sites for hydroxylation is 3. The number of nitrogens with zero attached hydrogens (tertiary/aromatic N) is 1. The zero-order valence-corrected chi connectivity index (χ0v) is 20.8. The molecule has 32 heavy (non-hydrogen) atoms. The lowest BCUT2D eigenvalue weighted by molar-refractivity contribution is -0.578. The molecule has 1 aliphatic carbocycles. The van der Waals surface area contributed by atoms with Crippen molar-refractivity contribution in [2.45, 2.75) is 40.0 Å². The number of benzene rings is 2. The van der Waals surface area contributed by atoms with Crippen molar-refractivity contribution in [3.8, 4) is 0 Å². The van der Waals surface area contributed by atoms with Gasteiger partial charge in [0, 0.05) is 27.9 Å². The van der Waals surface area contributed by atoms with Crippen LogP contribution in [0, 0.1) is 13.8 Å². The molecule has 0 bridgehead atoms. The van der Waals surface area contributed by atoms with Gasteiger partial charge in [0.2, 0.25) is 5.78 Å². The van der Waals surface area contributed by atoms with E-state index in [4.69, 9.17) is 0 Å². The zero-order chi connectivity index (χ0) is 22.0. The third kappa shape index (κ3) is 4.83. The maximum Gasteiger partial charge on any atom is 0.286 e. The molecule has 5 heteroatoms. The predicted molar refractivity (Wildman–Crippen MR) is 123 cm³/mol. The van der Waals surface area contributed by atoms with Crippen LogP contribution in [0.3, 0.4) is 0 Å². The summed E-state index contributed by atoms with van der Waals surface area (Å²) in [5, 5.41) is 3.26. The molecule has 0 unspecified atom stereocenters. The van der Waals surface area contributed by atoms with E-state index in [9.17, 15) is 9.59 Å². The molecular formula is C27H27IN2O2. The number of fused-ring (bicyclic) bond motifs is 1. The van der Waals surface area contributed by atoms with E-state index in [1.165, 1.54) is 5.56 Å². The van der Waals surface area contributed by atoms with Crippen LogP contribution < -0.4 is 33.9 Å². The maximum absolute atomic E-state index is 13.5. The second kappa shape index (κ2) is 10.2. The van der Waals surface area contributed by atoms with Crippen LogP contribution >= 0.6 is 0 Å². The van der Waals surface area contributed by atoms with Crippen LogP contribution in [-0.2, 0) is 6.42 Å². The number of halogens is 1. The Kier molecular flexibility index (Phi) is 7.61. The standard InChI is InChI=1S/C27H26N2O2.HI/c1-4-5-8-20-11-13-21(14-12-20)28-24-25(29-16-18(2)15-19(3)17-29)27(31)23-10-7-6-9-22(23)26(24)30;/h6-7,9-17H,4-5,8H2,1-3H3;1H. The molecule has 4 nitrogen and oxygen atoms in total. The molecule has 1 N–H and O–H groups in total. The van der Waals surface area contributed by atoms with E-state index in [-0.39, 0.29) is 35.5 Å². The molecule has 4 rings (SSSR count). The normalized spacial score (nSPS) is 13.0. The summed E-state index contributed by atoms with van der Waals surface area (Å²) in [6.45, 7) is 6.14. The highest BCUT2D eigenvalue weighted by Gasteiger charge is 2.38. The Hall–Kier alpha value is -2.80. The van der Waals surface area contributed by atoms with Crippen molar-refractivity contribution < 1.29 is 38.1 Å². The molecule has 1 aromatic heterocycles. The Balaban J connectivity index is 0.00000289. The Labute approximate surface area is 206 Å².